The maximum absolute atomic E-state index is 12.3. The van der Waals surface area contributed by atoms with E-state index in [1.807, 2.05) is 61.5 Å². The van der Waals surface area contributed by atoms with Crippen molar-refractivity contribution in [3.63, 3.8) is 0 Å². The molecular formula is C22H23N3O2. The summed E-state index contributed by atoms with van der Waals surface area (Å²) in [5.74, 6) is 1.41. The molecule has 0 aliphatic carbocycles. The number of amides is 1. The number of carbonyl (C=O) groups excluding carboxylic acids is 1. The highest BCUT2D eigenvalue weighted by molar-refractivity contribution is 5.94. The van der Waals surface area contributed by atoms with E-state index in [0.29, 0.717) is 17.9 Å². The van der Waals surface area contributed by atoms with Crippen molar-refractivity contribution in [3.05, 3.63) is 83.6 Å². The number of pyridine rings is 1. The highest BCUT2D eigenvalue weighted by Gasteiger charge is 2.06. The summed E-state index contributed by atoms with van der Waals surface area (Å²) >= 11 is 0. The van der Waals surface area contributed by atoms with E-state index in [4.69, 9.17) is 4.74 Å². The Balaban J connectivity index is 1.52. The van der Waals surface area contributed by atoms with E-state index in [9.17, 15) is 4.79 Å². The number of para-hydroxylation sites is 1. The van der Waals surface area contributed by atoms with Gasteiger partial charge in [-0.2, -0.15) is 0 Å². The molecule has 5 nitrogen and oxygen atoms in total. The van der Waals surface area contributed by atoms with Crippen LogP contribution in [0.3, 0.4) is 0 Å². The van der Waals surface area contributed by atoms with Gasteiger partial charge in [0.05, 0.1) is 12.7 Å². The lowest BCUT2D eigenvalue weighted by molar-refractivity contribution is 0.0954. The molecule has 1 amide bonds. The van der Waals surface area contributed by atoms with E-state index < -0.39 is 0 Å². The summed E-state index contributed by atoms with van der Waals surface area (Å²) in [4.78, 5) is 16.6. The van der Waals surface area contributed by atoms with Crippen molar-refractivity contribution in [1.82, 2.24) is 10.3 Å². The Kier molecular flexibility index (Phi) is 6.05. The Hall–Kier alpha value is -3.34. The smallest absolute Gasteiger partial charge is 0.252 e. The first-order valence-corrected chi connectivity index (χ1v) is 8.85. The zero-order chi connectivity index (χ0) is 19.1. The lowest BCUT2D eigenvalue weighted by Crippen LogP contribution is -2.25. The number of aryl methyl sites for hydroxylation is 1. The van der Waals surface area contributed by atoms with Gasteiger partial charge in [0.2, 0.25) is 0 Å². The molecule has 27 heavy (non-hydrogen) atoms. The van der Waals surface area contributed by atoms with Gasteiger partial charge < -0.3 is 15.4 Å². The third kappa shape index (κ3) is 5.07. The Labute approximate surface area is 159 Å². The molecular weight excluding hydrogens is 338 g/mol. The van der Waals surface area contributed by atoms with Crippen LogP contribution in [0.4, 0.5) is 11.5 Å². The number of hydrogen-bond acceptors (Lipinski definition) is 4. The highest BCUT2D eigenvalue weighted by atomic mass is 16.5. The molecule has 0 fully saturated rings. The summed E-state index contributed by atoms with van der Waals surface area (Å²) in [6, 6.07) is 19.4. The molecule has 0 bridgehead atoms. The first kappa shape index (κ1) is 18.5. The van der Waals surface area contributed by atoms with Crippen LogP contribution < -0.4 is 15.4 Å². The molecule has 0 saturated heterocycles. The van der Waals surface area contributed by atoms with Crippen molar-refractivity contribution in [2.24, 2.45) is 0 Å². The highest BCUT2D eigenvalue weighted by Crippen LogP contribution is 2.18. The Morgan fingerprint density at radius 3 is 2.48 bits per heavy atom. The molecule has 0 aliphatic heterocycles. The number of hydrogen-bond donors (Lipinski definition) is 2. The van der Waals surface area contributed by atoms with Crippen molar-refractivity contribution in [2.45, 2.75) is 13.3 Å². The third-order valence-electron chi connectivity index (χ3n) is 4.29. The number of aromatic nitrogens is 1. The Morgan fingerprint density at radius 1 is 1.04 bits per heavy atom. The molecule has 0 spiro atoms. The molecule has 3 aromatic rings. The molecule has 3 rings (SSSR count). The number of rotatable bonds is 7. The van der Waals surface area contributed by atoms with Gasteiger partial charge >= 0.3 is 0 Å². The quantitative estimate of drug-likeness (QED) is 0.665. The normalized spacial score (nSPS) is 10.3. The predicted octanol–water partition coefficient (Wildman–Crippen LogP) is 4.11. The summed E-state index contributed by atoms with van der Waals surface area (Å²) in [7, 11) is 1.64. The first-order valence-electron chi connectivity index (χ1n) is 8.85. The molecule has 1 heterocycles. The van der Waals surface area contributed by atoms with Gasteiger partial charge in [0, 0.05) is 18.4 Å². The average molecular weight is 361 g/mol. The second-order valence-electron chi connectivity index (χ2n) is 6.23. The van der Waals surface area contributed by atoms with Crippen LogP contribution in [0.5, 0.6) is 5.75 Å². The molecule has 5 heteroatoms. The first-order chi connectivity index (χ1) is 13.2. The number of anilines is 2. The number of carbonyl (C=O) groups is 1. The van der Waals surface area contributed by atoms with E-state index >= 15 is 0 Å². The topological polar surface area (TPSA) is 63.2 Å². The van der Waals surface area contributed by atoms with Gasteiger partial charge in [0.15, 0.2) is 0 Å². The molecule has 2 N–H and O–H groups in total. The number of methoxy groups -OCH3 is 1. The van der Waals surface area contributed by atoms with Crippen LogP contribution in [0.15, 0.2) is 66.9 Å². The van der Waals surface area contributed by atoms with Crippen LogP contribution in [0.1, 0.15) is 21.5 Å². The summed E-state index contributed by atoms with van der Waals surface area (Å²) < 4.78 is 5.14. The van der Waals surface area contributed by atoms with E-state index in [1.165, 1.54) is 0 Å². The molecule has 0 saturated carbocycles. The largest absolute Gasteiger partial charge is 0.497 e. The van der Waals surface area contributed by atoms with Gasteiger partial charge in [-0.25, -0.2) is 4.98 Å². The van der Waals surface area contributed by atoms with Crippen LogP contribution in [-0.2, 0) is 6.42 Å². The number of ether oxygens (including phenoxy) is 1. The van der Waals surface area contributed by atoms with Crippen molar-refractivity contribution >= 4 is 17.4 Å². The van der Waals surface area contributed by atoms with Crippen molar-refractivity contribution in [3.8, 4) is 5.75 Å². The van der Waals surface area contributed by atoms with Crippen molar-refractivity contribution in [2.75, 3.05) is 19.0 Å². The Bertz CT molecular complexity index is 890. The summed E-state index contributed by atoms with van der Waals surface area (Å²) in [5, 5.41) is 6.18. The maximum Gasteiger partial charge on any atom is 0.252 e. The van der Waals surface area contributed by atoms with Crippen molar-refractivity contribution < 1.29 is 9.53 Å². The minimum atomic E-state index is -0.126. The maximum atomic E-state index is 12.3. The average Bonchev–Trinajstić information content (AvgIpc) is 2.71. The summed E-state index contributed by atoms with van der Waals surface area (Å²) in [6.07, 6.45) is 2.35. The molecule has 138 valence electrons. The zero-order valence-electron chi connectivity index (χ0n) is 15.5. The van der Waals surface area contributed by atoms with E-state index in [-0.39, 0.29) is 5.91 Å². The monoisotopic (exact) mass is 361 g/mol. The van der Waals surface area contributed by atoms with Gasteiger partial charge in [0.1, 0.15) is 11.6 Å². The standard InChI is InChI=1S/C22H23N3O2/c1-16-5-3-4-6-20(16)25-21-12-9-18(15-24-21)22(26)23-14-13-17-7-10-19(27-2)11-8-17/h3-12,15H,13-14H2,1-2H3,(H,23,26)(H,24,25). The van der Waals surface area contributed by atoms with Gasteiger partial charge in [-0.05, 0) is 54.8 Å². The van der Waals surface area contributed by atoms with Gasteiger partial charge in [-0.15, -0.1) is 0 Å². The molecule has 0 radical (unpaired) electrons. The summed E-state index contributed by atoms with van der Waals surface area (Å²) in [5.41, 5.74) is 3.83. The second kappa shape index (κ2) is 8.85. The molecule has 0 unspecified atom stereocenters. The lowest BCUT2D eigenvalue weighted by Gasteiger charge is -2.09. The van der Waals surface area contributed by atoms with Crippen LogP contribution >= 0.6 is 0 Å². The van der Waals surface area contributed by atoms with Gasteiger partial charge in [-0.3, -0.25) is 4.79 Å². The third-order valence-corrected chi connectivity index (χ3v) is 4.29. The molecule has 1 aromatic heterocycles. The molecule has 2 aromatic carbocycles. The van der Waals surface area contributed by atoms with E-state index in [0.717, 1.165) is 29.0 Å². The van der Waals surface area contributed by atoms with Crippen LogP contribution in [-0.4, -0.2) is 24.5 Å². The Morgan fingerprint density at radius 2 is 1.81 bits per heavy atom. The van der Waals surface area contributed by atoms with Crippen LogP contribution in [0, 0.1) is 6.92 Å². The fourth-order valence-corrected chi connectivity index (χ4v) is 2.67. The zero-order valence-corrected chi connectivity index (χ0v) is 15.5. The lowest BCUT2D eigenvalue weighted by atomic mass is 10.1. The van der Waals surface area contributed by atoms with E-state index in [2.05, 4.69) is 15.6 Å². The van der Waals surface area contributed by atoms with E-state index in [1.54, 1.807) is 19.4 Å². The number of nitrogens with one attached hydrogen (secondary N) is 2. The molecule has 0 aliphatic rings. The van der Waals surface area contributed by atoms with Gasteiger partial charge in [0.25, 0.3) is 5.91 Å². The minimum absolute atomic E-state index is 0.126. The number of benzene rings is 2. The SMILES string of the molecule is COc1ccc(CCNC(=O)c2ccc(Nc3ccccc3C)nc2)cc1. The minimum Gasteiger partial charge on any atom is -0.497 e. The van der Waals surface area contributed by atoms with Crippen molar-refractivity contribution in [1.29, 1.82) is 0 Å². The second-order valence-corrected chi connectivity index (χ2v) is 6.23. The van der Waals surface area contributed by atoms with Crippen LogP contribution in [0.2, 0.25) is 0 Å². The van der Waals surface area contributed by atoms with Crippen LogP contribution in [0.25, 0.3) is 0 Å². The fourth-order valence-electron chi connectivity index (χ4n) is 2.67. The fraction of sp³-hybridized carbons (Fsp3) is 0.182. The molecule has 0 atom stereocenters. The van der Waals surface area contributed by atoms with Gasteiger partial charge in [-0.1, -0.05) is 30.3 Å². The predicted molar refractivity (Wildman–Crippen MR) is 108 cm³/mol. The summed E-state index contributed by atoms with van der Waals surface area (Å²) in [6.45, 7) is 2.60. The number of nitrogens with zero attached hydrogens (tertiary/aromatic N) is 1.